The summed E-state index contributed by atoms with van der Waals surface area (Å²) in [6.07, 6.45) is 1.17. The van der Waals surface area contributed by atoms with Crippen molar-refractivity contribution < 1.29 is 34.4 Å². The molecule has 1 aromatic carbocycles. The van der Waals surface area contributed by atoms with E-state index in [1.165, 1.54) is 26.8 Å². The molecule has 1 unspecified atom stereocenters. The molecule has 3 rings (SSSR count). The fourth-order valence-electron chi connectivity index (χ4n) is 4.14. The number of phenols is 2. The molecule has 2 atom stereocenters. The number of benzene rings is 1. The van der Waals surface area contributed by atoms with Crippen molar-refractivity contribution >= 4 is 17.3 Å². The normalized spacial score (nSPS) is 22.5. The quantitative estimate of drug-likeness (QED) is 0.318. The molecule has 1 heterocycles. The van der Waals surface area contributed by atoms with E-state index in [1.54, 1.807) is 6.92 Å². The Kier molecular flexibility index (Phi) is 5.48. The molecule has 2 aliphatic rings. The van der Waals surface area contributed by atoms with Gasteiger partial charge < -0.3 is 25.4 Å². The first-order valence-electron chi connectivity index (χ1n) is 10.0. The number of carbonyl (C=O) groups is 3. The number of carbonyl (C=O) groups excluding carboxylic acids is 3. The van der Waals surface area contributed by atoms with Gasteiger partial charge in [0.1, 0.15) is 34.0 Å². The van der Waals surface area contributed by atoms with E-state index in [-0.39, 0.29) is 58.1 Å². The molecule has 4 N–H and O–H groups in total. The number of ether oxygens (including phenoxy) is 1. The fourth-order valence-corrected chi connectivity index (χ4v) is 4.14. The molecule has 0 radical (unpaired) electrons. The van der Waals surface area contributed by atoms with E-state index in [2.05, 4.69) is 5.32 Å². The van der Waals surface area contributed by atoms with Crippen molar-refractivity contribution in [1.29, 1.82) is 0 Å². The number of fused-ring (bicyclic) bond motifs is 3. The number of ketones is 3. The van der Waals surface area contributed by atoms with Crippen molar-refractivity contribution in [2.24, 2.45) is 5.92 Å². The third kappa shape index (κ3) is 3.13. The van der Waals surface area contributed by atoms with Crippen LogP contribution in [0.25, 0.3) is 0 Å². The summed E-state index contributed by atoms with van der Waals surface area (Å²) in [5.41, 5.74) is -1.43. The molecular weight excluding hydrogens is 402 g/mol. The first-order valence-corrected chi connectivity index (χ1v) is 10.0. The number of aliphatic hydroxyl groups is 1. The molecule has 31 heavy (non-hydrogen) atoms. The third-order valence-electron chi connectivity index (χ3n) is 6.16. The van der Waals surface area contributed by atoms with Crippen LogP contribution in [0.3, 0.4) is 0 Å². The minimum atomic E-state index is -1.55. The number of Topliss-reactive ketones (excluding diaryl/α,β-unsaturated/α-hetero) is 2. The molecule has 8 heteroatoms. The largest absolute Gasteiger partial charge is 0.507 e. The summed E-state index contributed by atoms with van der Waals surface area (Å²) in [6, 6.07) is -0.365. The van der Waals surface area contributed by atoms with Gasteiger partial charge in [-0.25, -0.2) is 0 Å². The van der Waals surface area contributed by atoms with E-state index >= 15 is 0 Å². The summed E-state index contributed by atoms with van der Waals surface area (Å²) in [7, 11) is 0. The van der Waals surface area contributed by atoms with Gasteiger partial charge in [-0.1, -0.05) is 13.8 Å². The smallest absolute Gasteiger partial charge is 0.194 e. The van der Waals surface area contributed by atoms with E-state index in [0.717, 1.165) is 0 Å². The van der Waals surface area contributed by atoms with E-state index in [4.69, 9.17) is 4.74 Å². The highest BCUT2D eigenvalue weighted by atomic mass is 16.5. The van der Waals surface area contributed by atoms with Gasteiger partial charge in [-0.3, -0.25) is 14.4 Å². The van der Waals surface area contributed by atoms with Gasteiger partial charge in [0.2, 0.25) is 0 Å². The van der Waals surface area contributed by atoms with Crippen LogP contribution in [0.15, 0.2) is 23.1 Å². The van der Waals surface area contributed by atoms with Crippen LogP contribution in [-0.2, 0) is 15.0 Å². The number of phenolic OH excluding ortho intramolecular Hbond substituents is 2. The lowest BCUT2D eigenvalue weighted by atomic mass is 9.70. The average molecular weight is 429 g/mol. The van der Waals surface area contributed by atoms with Crippen LogP contribution in [0.5, 0.6) is 17.2 Å². The maximum absolute atomic E-state index is 13.7. The Labute approximate surface area is 180 Å². The number of allylic oxidation sites excluding steroid dienone is 4. The van der Waals surface area contributed by atoms with Gasteiger partial charge in [0.25, 0.3) is 0 Å². The Morgan fingerprint density at radius 3 is 2.32 bits per heavy atom. The molecule has 8 nitrogen and oxygen atoms in total. The maximum Gasteiger partial charge on any atom is 0.194 e. The number of hydrogen-bond donors (Lipinski definition) is 4. The number of aromatic hydroxyl groups is 2. The predicted molar refractivity (Wildman–Crippen MR) is 112 cm³/mol. The second-order valence-electron chi connectivity index (χ2n) is 8.56. The number of hydrogen-bond acceptors (Lipinski definition) is 8. The number of aliphatic hydroxyl groups excluding tert-OH is 1. The zero-order valence-corrected chi connectivity index (χ0v) is 18.4. The minimum Gasteiger partial charge on any atom is -0.507 e. The molecule has 0 amide bonds. The Morgan fingerprint density at radius 2 is 1.81 bits per heavy atom. The highest BCUT2D eigenvalue weighted by Crippen LogP contribution is 2.57. The molecule has 0 saturated carbocycles. The molecule has 0 bridgehead atoms. The monoisotopic (exact) mass is 429 g/mol. The molecule has 0 fully saturated rings. The molecule has 166 valence electrons. The Balaban J connectivity index is 2.26. The summed E-state index contributed by atoms with van der Waals surface area (Å²) in [6.45, 7) is 9.37. The van der Waals surface area contributed by atoms with Gasteiger partial charge in [0, 0.05) is 17.3 Å². The van der Waals surface area contributed by atoms with Crippen LogP contribution >= 0.6 is 0 Å². The Morgan fingerprint density at radius 1 is 1.19 bits per heavy atom. The predicted octanol–water partition coefficient (Wildman–Crippen LogP) is 2.18. The molecule has 1 aliphatic carbocycles. The number of rotatable bonds is 5. The van der Waals surface area contributed by atoms with Crippen LogP contribution in [0.1, 0.15) is 56.1 Å². The first kappa shape index (κ1) is 22.6. The van der Waals surface area contributed by atoms with Gasteiger partial charge in [-0.15, -0.1) is 0 Å². The summed E-state index contributed by atoms with van der Waals surface area (Å²) < 4.78 is 5.73. The van der Waals surface area contributed by atoms with E-state index < -0.39 is 28.5 Å². The highest BCUT2D eigenvalue weighted by molar-refractivity contribution is 6.31. The minimum absolute atomic E-state index is 0.0144. The summed E-state index contributed by atoms with van der Waals surface area (Å²) in [5, 5.41) is 33.8. The maximum atomic E-state index is 13.7. The molecule has 0 spiro atoms. The topological polar surface area (TPSA) is 133 Å². The SMILES string of the molecule is CC(=O)c1c(O)c(C)c(O)c2c1OC1=CC(=O)/C(=C(/C)NC(CO)C(C)C)C(=O)[C@@]12C. The average Bonchev–Trinajstić information content (AvgIpc) is 2.97. The lowest BCUT2D eigenvalue weighted by molar-refractivity contribution is -0.123. The second-order valence-corrected chi connectivity index (χ2v) is 8.56. The second kappa shape index (κ2) is 7.53. The van der Waals surface area contributed by atoms with Crippen molar-refractivity contribution in [2.45, 2.75) is 53.0 Å². The molecule has 1 aliphatic heterocycles. The fraction of sp³-hybridized carbons (Fsp3) is 0.435. The number of nitrogens with one attached hydrogen (secondary N) is 1. The van der Waals surface area contributed by atoms with Gasteiger partial charge in [0.05, 0.1) is 23.8 Å². The standard InChI is InChI=1S/C23H27NO7/c1-9(2)13(8-25)24-11(4)16-14(27)7-15-23(6,22(16)30)18-20(29)10(3)19(28)17(12(5)26)21(18)31-15/h7,9,13,24-25,28-29H,8H2,1-6H3/b16-11+/t13?,23-/m0/s1. The van der Waals surface area contributed by atoms with Gasteiger partial charge in [0.15, 0.2) is 17.3 Å². The van der Waals surface area contributed by atoms with Crippen molar-refractivity contribution in [1.82, 2.24) is 5.32 Å². The van der Waals surface area contributed by atoms with E-state index in [1.807, 2.05) is 13.8 Å². The summed E-state index contributed by atoms with van der Waals surface area (Å²) in [4.78, 5) is 38.7. The molecular formula is C23H27NO7. The van der Waals surface area contributed by atoms with Crippen LogP contribution in [0, 0.1) is 12.8 Å². The third-order valence-corrected chi connectivity index (χ3v) is 6.16. The van der Waals surface area contributed by atoms with Crippen LogP contribution in [0.4, 0.5) is 0 Å². The Hall–Kier alpha value is -3.13. The van der Waals surface area contributed by atoms with Crippen molar-refractivity contribution in [3.63, 3.8) is 0 Å². The van der Waals surface area contributed by atoms with Gasteiger partial charge in [-0.2, -0.15) is 0 Å². The highest BCUT2D eigenvalue weighted by Gasteiger charge is 2.56. The lowest BCUT2D eigenvalue weighted by Crippen LogP contribution is -2.43. The van der Waals surface area contributed by atoms with Gasteiger partial charge >= 0.3 is 0 Å². The van der Waals surface area contributed by atoms with Gasteiger partial charge in [-0.05, 0) is 33.6 Å². The van der Waals surface area contributed by atoms with Crippen molar-refractivity contribution in [3.8, 4) is 17.2 Å². The summed E-state index contributed by atoms with van der Waals surface area (Å²) in [5.74, 6) is -2.58. The van der Waals surface area contributed by atoms with Crippen molar-refractivity contribution in [2.75, 3.05) is 6.61 Å². The van der Waals surface area contributed by atoms with E-state index in [9.17, 15) is 29.7 Å². The molecule has 1 aromatic rings. The lowest BCUT2D eigenvalue weighted by Gasteiger charge is -2.30. The summed E-state index contributed by atoms with van der Waals surface area (Å²) >= 11 is 0. The zero-order chi connectivity index (χ0) is 23.4. The molecule has 0 saturated heterocycles. The van der Waals surface area contributed by atoms with E-state index in [0.29, 0.717) is 5.70 Å². The first-order chi connectivity index (χ1) is 14.4. The van der Waals surface area contributed by atoms with Crippen LogP contribution in [0.2, 0.25) is 0 Å². The molecule has 0 aromatic heterocycles. The Bertz CT molecular complexity index is 1080. The van der Waals surface area contributed by atoms with Crippen LogP contribution in [-0.4, -0.2) is 45.3 Å². The van der Waals surface area contributed by atoms with Crippen molar-refractivity contribution in [3.05, 3.63) is 39.8 Å². The van der Waals surface area contributed by atoms with Crippen LogP contribution < -0.4 is 10.1 Å². The zero-order valence-electron chi connectivity index (χ0n) is 18.4.